The van der Waals surface area contributed by atoms with Crippen LogP contribution in [0.2, 0.25) is 0 Å². The number of phenolic OH excluding ortho intramolecular Hbond substituents is 1. The summed E-state index contributed by atoms with van der Waals surface area (Å²) in [5.74, 6) is 1.14. The molecule has 0 amide bonds. The van der Waals surface area contributed by atoms with Gasteiger partial charge in [-0.1, -0.05) is 20.8 Å². The molecule has 29 heavy (non-hydrogen) atoms. The molecule has 0 spiro atoms. The summed E-state index contributed by atoms with van der Waals surface area (Å²) in [5, 5.41) is 11.0. The van der Waals surface area contributed by atoms with Crippen LogP contribution in [0.4, 0.5) is 0 Å². The lowest BCUT2D eigenvalue weighted by atomic mass is 9.44. The van der Waals surface area contributed by atoms with Gasteiger partial charge in [-0.15, -0.1) is 0 Å². The van der Waals surface area contributed by atoms with Crippen LogP contribution in [-0.4, -0.2) is 22.5 Å². The molecule has 1 aromatic rings. The Morgan fingerprint density at radius 3 is 2.48 bits per heavy atom. The highest BCUT2D eigenvalue weighted by Gasteiger charge is 2.63. The molecular formula is C24H30O5. The van der Waals surface area contributed by atoms with Gasteiger partial charge in [0.25, 0.3) is 0 Å². The Labute approximate surface area is 171 Å². The van der Waals surface area contributed by atoms with Gasteiger partial charge in [0.1, 0.15) is 35.1 Å². The van der Waals surface area contributed by atoms with E-state index in [4.69, 9.17) is 9.47 Å². The zero-order valence-corrected chi connectivity index (χ0v) is 18.0. The molecule has 2 heterocycles. The van der Waals surface area contributed by atoms with Gasteiger partial charge in [0, 0.05) is 28.9 Å². The van der Waals surface area contributed by atoms with E-state index in [0.29, 0.717) is 30.1 Å². The third-order valence-corrected chi connectivity index (χ3v) is 8.93. The molecular weight excluding hydrogens is 368 g/mol. The Kier molecular flexibility index (Phi) is 3.63. The molecule has 2 aliphatic heterocycles. The number of carbonyl (C=O) groups is 2. The van der Waals surface area contributed by atoms with Crippen molar-refractivity contribution in [3.8, 4) is 11.5 Å². The van der Waals surface area contributed by atoms with Crippen molar-refractivity contribution in [1.82, 2.24) is 0 Å². The standard InChI is InChI=1S/C24H30O5/c1-12-14-11-28-21(27)18(14)19(26)13-10-16-23(4)8-7-17(25)22(2,3)15(23)6-9-24(16,5)29-20(12)13/h15-16,26H,6-11H2,1-5H3/t15-,16+,23-,24-/m0/s1. The van der Waals surface area contributed by atoms with Crippen molar-refractivity contribution in [3.05, 3.63) is 22.3 Å². The normalized spacial score (nSPS) is 37.0. The Morgan fingerprint density at radius 2 is 1.76 bits per heavy atom. The number of carbonyl (C=O) groups excluding carboxylic acids is 2. The summed E-state index contributed by atoms with van der Waals surface area (Å²) >= 11 is 0. The lowest BCUT2D eigenvalue weighted by Crippen LogP contribution is -2.63. The van der Waals surface area contributed by atoms with Crippen molar-refractivity contribution in [2.24, 2.45) is 22.7 Å². The van der Waals surface area contributed by atoms with Crippen LogP contribution >= 0.6 is 0 Å². The molecule has 2 aliphatic carbocycles. The molecule has 5 rings (SSSR count). The maximum absolute atomic E-state index is 12.7. The molecule has 156 valence electrons. The highest BCUT2D eigenvalue weighted by Crippen LogP contribution is 2.64. The number of fused-ring (bicyclic) bond motifs is 5. The number of ketones is 1. The summed E-state index contributed by atoms with van der Waals surface area (Å²) in [6, 6.07) is 0. The number of hydrogen-bond acceptors (Lipinski definition) is 5. The molecule has 0 aromatic heterocycles. The summed E-state index contributed by atoms with van der Waals surface area (Å²) < 4.78 is 11.9. The summed E-state index contributed by atoms with van der Waals surface area (Å²) in [7, 11) is 0. The zero-order valence-electron chi connectivity index (χ0n) is 18.0. The van der Waals surface area contributed by atoms with Crippen molar-refractivity contribution in [1.29, 1.82) is 0 Å². The van der Waals surface area contributed by atoms with Gasteiger partial charge >= 0.3 is 5.97 Å². The van der Waals surface area contributed by atoms with Crippen molar-refractivity contribution < 1.29 is 24.2 Å². The summed E-state index contributed by atoms with van der Waals surface area (Å²) in [4.78, 5) is 24.9. The van der Waals surface area contributed by atoms with E-state index >= 15 is 0 Å². The first kappa shape index (κ1) is 19.0. The Balaban J connectivity index is 1.65. The number of hydrogen-bond donors (Lipinski definition) is 1. The van der Waals surface area contributed by atoms with E-state index in [9.17, 15) is 14.7 Å². The van der Waals surface area contributed by atoms with Crippen molar-refractivity contribution in [3.63, 3.8) is 0 Å². The molecule has 4 atom stereocenters. The lowest BCUT2D eigenvalue weighted by molar-refractivity contribution is -0.173. The second-order valence-corrected chi connectivity index (χ2v) is 10.6. The third kappa shape index (κ3) is 2.22. The minimum atomic E-state index is -0.450. The van der Waals surface area contributed by atoms with E-state index in [1.807, 2.05) is 6.92 Å². The highest BCUT2D eigenvalue weighted by atomic mass is 16.5. The van der Waals surface area contributed by atoms with Gasteiger partial charge in [0.15, 0.2) is 0 Å². The van der Waals surface area contributed by atoms with E-state index < -0.39 is 5.97 Å². The minimum absolute atomic E-state index is 0.0296. The van der Waals surface area contributed by atoms with Crippen LogP contribution in [-0.2, 0) is 22.6 Å². The fourth-order valence-corrected chi connectivity index (χ4v) is 7.21. The number of ether oxygens (including phenoxy) is 2. The van der Waals surface area contributed by atoms with Crippen LogP contribution in [0.1, 0.15) is 80.4 Å². The van der Waals surface area contributed by atoms with Crippen LogP contribution in [0.5, 0.6) is 11.5 Å². The average Bonchev–Trinajstić information content (AvgIpc) is 3.04. The molecule has 1 N–H and O–H groups in total. The topological polar surface area (TPSA) is 72.8 Å². The first-order valence-electron chi connectivity index (χ1n) is 10.8. The Morgan fingerprint density at radius 1 is 1.03 bits per heavy atom. The second-order valence-electron chi connectivity index (χ2n) is 10.6. The number of Topliss-reactive ketones (excluding diaryl/α,β-unsaturated/α-hetero) is 1. The summed E-state index contributed by atoms with van der Waals surface area (Å²) in [6.07, 6.45) is 3.97. The molecule has 5 nitrogen and oxygen atoms in total. The Bertz CT molecular complexity index is 961. The molecule has 0 unspecified atom stereocenters. The van der Waals surface area contributed by atoms with Crippen LogP contribution in [0.25, 0.3) is 0 Å². The van der Waals surface area contributed by atoms with E-state index in [0.717, 1.165) is 41.7 Å². The summed E-state index contributed by atoms with van der Waals surface area (Å²) in [6.45, 7) is 10.9. The van der Waals surface area contributed by atoms with Crippen molar-refractivity contribution >= 4 is 11.8 Å². The molecule has 1 aromatic carbocycles. The number of rotatable bonds is 0. The second kappa shape index (κ2) is 5.55. The molecule has 4 aliphatic rings. The maximum atomic E-state index is 12.7. The van der Waals surface area contributed by atoms with Gasteiger partial charge in [-0.25, -0.2) is 4.79 Å². The van der Waals surface area contributed by atoms with E-state index in [-0.39, 0.29) is 34.7 Å². The minimum Gasteiger partial charge on any atom is -0.507 e. The number of aromatic hydroxyl groups is 1. The molecule has 2 fully saturated rings. The molecule has 5 heteroatoms. The van der Waals surface area contributed by atoms with Crippen molar-refractivity contribution in [2.45, 2.75) is 78.9 Å². The quantitative estimate of drug-likeness (QED) is 0.652. The number of phenols is 1. The monoisotopic (exact) mass is 398 g/mol. The van der Waals surface area contributed by atoms with Gasteiger partial charge in [0.2, 0.25) is 0 Å². The first-order chi connectivity index (χ1) is 13.5. The highest BCUT2D eigenvalue weighted by molar-refractivity contribution is 5.98. The smallest absolute Gasteiger partial charge is 0.342 e. The van der Waals surface area contributed by atoms with E-state index in [2.05, 4.69) is 27.7 Å². The van der Waals surface area contributed by atoms with Gasteiger partial charge in [-0.3, -0.25) is 4.79 Å². The fourth-order valence-electron chi connectivity index (χ4n) is 7.21. The average molecular weight is 398 g/mol. The lowest BCUT2D eigenvalue weighted by Gasteiger charge is -2.62. The van der Waals surface area contributed by atoms with Gasteiger partial charge in [0.05, 0.1) is 0 Å². The molecule has 0 saturated heterocycles. The third-order valence-electron chi connectivity index (χ3n) is 8.93. The zero-order chi connectivity index (χ0) is 20.9. The van der Waals surface area contributed by atoms with Crippen LogP contribution in [0.15, 0.2) is 0 Å². The Hall–Kier alpha value is -2.04. The fraction of sp³-hybridized carbons (Fsp3) is 0.667. The van der Waals surface area contributed by atoms with E-state index in [1.54, 1.807) is 0 Å². The first-order valence-corrected chi connectivity index (χ1v) is 10.8. The van der Waals surface area contributed by atoms with Gasteiger partial charge in [-0.05, 0) is 56.4 Å². The summed E-state index contributed by atoms with van der Waals surface area (Å²) in [5.41, 5.74) is 1.96. The SMILES string of the molecule is Cc1c2c(c(O)c3c1O[C@@]1(C)CC[C@H]4C(C)(C)C(=O)CC[C@]4(C)[C@H]1C3)C(=O)OC2. The number of benzene rings is 1. The predicted octanol–water partition coefficient (Wildman–Crippen LogP) is 4.49. The van der Waals surface area contributed by atoms with Crippen LogP contribution in [0.3, 0.4) is 0 Å². The maximum Gasteiger partial charge on any atom is 0.342 e. The van der Waals surface area contributed by atoms with Crippen LogP contribution < -0.4 is 4.74 Å². The van der Waals surface area contributed by atoms with Crippen LogP contribution in [0, 0.1) is 29.6 Å². The van der Waals surface area contributed by atoms with Gasteiger partial charge in [-0.2, -0.15) is 0 Å². The molecule has 0 radical (unpaired) electrons. The largest absolute Gasteiger partial charge is 0.507 e. The number of esters is 1. The molecule has 0 bridgehead atoms. The molecule has 2 saturated carbocycles. The van der Waals surface area contributed by atoms with Crippen molar-refractivity contribution in [2.75, 3.05) is 0 Å². The van der Waals surface area contributed by atoms with E-state index in [1.165, 1.54) is 0 Å². The number of cyclic esters (lactones) is 1. The predicted molar refractivity (Wildman–Crippen MR) is 107 cm³/mol. The van der Waals surface area contributed by atoms with Gasteiger partial charge < -0.3 is 14.6 Å².